The zero-order valence-corrected chi connectivity index (χ0v) is 18.4. The summed E-state index contributed by atoms with van der Waals surface area (Å²) < 4.78 is 43.6. The number of para-hydroxylation sites is 2. The predicted molar refractivity (Wildman–Crippen MR) is 120 cm³/mol. The van der Waals surface area contributed by atoms with Crippen molar-refractivity contribution in [1.82, 2.24) is 14.3 Å². The van der Waals surface area contributed by atoms with E-state index in [0.29, 0.717) is 45.0 Å². The Hall–Kier alpha value is -2.71. The third-order valence-corrected chi connectivity index (χ3v) is 6.16. The lowest BCUT2D eigenvalue weighted by molar-refractivity contribution is -0.137. The second-order valence-corrected chi connectivity index (χ2v) is 8.09. The fraction of sp³-hybridized carbons (Fsp3) is 0.348. The number of piperazine rings is 1. The van der Waals surface area contributed by atoms with E-state index in [-0.39, 0.29) is 16.3 Å². The first-order valence-electron chi connectivity index (χ1n) is 10.5. The van der Waals surface area contributed by atoms with Crippen molar-refractivity contribution in [3.8, 4) is 5.69 Å². The van der Waals surface area contributed by atoms with Crippen molar-refractivity contribution in [3.63, 3.8) is 0 Å². The Morgan fingerprint density at radius 1 is 0.938 bits per heavy atom. The van der Waals surface area contributed by atoms with Crippen LogP contribution in [0.5, 0.6) is 0 Å². The van der Waals surface area contributed by atoms with Gasteiger partial charge in [0.25, 0.3) is 5.56 Å². The summed E-state index contributed by atoms with van der Waals surface area (Å²) >= 11 is 6.45. The lowest BCUT2D eigenvalue weighted by atomic mass is 10.1. The Balaban J connectivity index is 1.53. The summed E-state index contributed by atoms with van der Waals surface area (Å²) in [6.45, 7) is 5.02. The maximum atomic E-state index is 13.4. The van der Waals surface area contributed by atoms with E-state index in [1.165, 1.54) is 12.1 Å². The number of anilines is 1. The van der Waals surface area contributed by atoms with E-state index < -0.39 is 11.7 Å². The second-order valence-electron chi connectivity index (χ2n) is 7.71. The van der Waals surface area contributed by atoms with Gasteiger partial charge in [0, 0.05) is 45.0 Å². The largest absolute Gasteiger partial charge is 0.418 e. The lowest BCUT2D eigenvalue weighted by Gasteiger charge is -2.37. The highest BCUT2D eigenvalue weighted by Gasteiger charge is 2.35. The van der Waals surface area contributed by atoms with Gasteiger partial charge in [0.15, 0.2) is 0 Å². The number of hydrogen-bond donors (Lipinski definition) is 0. The van der Waals surface area contributed by atoms with Crippen molar-refractivity contribution in [2.45, 2.75) is 26.2 Å². The van der Waals surface area contributed by atoms with Gasteiger partial charge in [-0.1, -0.05) is 41.9 Å². The number of alkyl halides is 3. The molecule has 1 aromatic heterocycles. The third kappa shape index (κ3) is 4.29. The molecule has 0 bridgehead atoms. The fourth-order valence-corrected chi connectivity index (χ4v) is 4.45. The highest BCUT2D eigenvalue weighted by molar-refractivity contribution is 6.31. The molecule has 0 unspecified atom stereocenters. The van der Waals surface area contributed by atoms with E-state index in [4.69, 9.17) is 11.6 Å². The van der Waals surface area contributed by atoms with Crippen molar-refractivity contribution >= 4 is 17.3 Å². The van der Waals surface area contributed by atoms with E-state index in [2.05, 4.69) is 4.90 Å². The first kappa shape index (κ1) is 22.5. The highest BCUT2D eigenvalue weighted by Crippen LogP contribution is 2.36. The molecule has 5 nitrogen and oxygen atoms in total. The molecule has 2 heterocycles. The van der Waals surface area contributed by atoms with Gasteiger partial charge in [0.05, 0.1) is 16.9 Å². The molecule has 1 fully saturated rings. The van der Waals surface area contributed by atoms with E-state index in [1.807, 2.05) is 41.9 Å². The number of benzene rings is 2. The molecule has 9 heteroatoms. The number of hydrogen-bond acceptors (Lipinski definition) is 3. The van der Waals surface area contributed by atoms with Crippen LogP contribution >= 0.6 is 11.6 Å². The zero-order valence-electron chi connectivity index (χ0n) is 17.6. The summed E-state index contributed by atoms with van der Waals surface area (Å²) in [5.74, 6) is 0. The van der Waals surface area contributed by atoms with Gasteiger partial charge in [0.2, 0.25) is 0 Å². The molecule has 0 amide bonds. The van der Waals surface area contributed by atoms with E-state index in [9.17, 15) is 18.0 Å². The Morgan fingerprint density at radius 2 is 1.56 bits per heavy atom. The number of aromatic nitrogens is 2. The van der Waals surface area contributed by atoms with E-state index in [0.717, 1.165) is 11.8 Å². The minimum absolute atomic E-state index is 0.181. The molecule has 0 atom stereocenters. The summed E-state index contributed by atoms with van der Waals surface area (Å²) in [7, 11) is 0. The molecule has 0 aliphatic carbocycles. The molecule has 1 aliphatic heterocycles. The van der Waals surface area contributed by atoms with Crippen LogP contribution in [0.3, 0.4) is 0 Å². The van der Waals surface area contributed by atoms with Crippen LogP contribution in [-0.2, 0) is 19.3 Å². The molecule has 0 N–H and O–H groups in total. The van der Waals surface area contributed by atoms with Crippen molar-refractivity contribution in [2.24, 2.45) is 0 Å². The molecular formula is C23H24ClF3N4O. The van der Waals surface area contributed by atoms with Crippen molar-refractivity contribution < 1.29 is 13.2 Å². The standard InChI is InChI=1S/C23H24ClF3N4O/c1-2-30-20(21(24)22(32)31(30)17-8-4-3-5-9-17)16-28-12-14-29(15-13-28)19-11-7-6-10-18(19)23(25,26)27/h3-11H,2,12-16H2,1H3. The fourth-order valence-electron chi connectivity index (χ4n) is 4.22. The van der Waals surface area contributed by atoms with Gasteiger partial charge in [0.1, 0.15) is 5.02 Å². The molecular weight excluding hydrogens is 441 g/mol. The zero-order chi connectivity index (χ0) is 22.9. The molecule has 1 saturated heterocycles. The highest BCUT2D eigenvalue weighted by atomic mass is 35.5. The monoisotopic (exact) mass is 464 g/mol. The molecule has 4 rings (SSSR count). The summed E-state index contributed by atoms with van der Waals surface area (Å²) in [5.41, 5.74) is 0.773. The van der Waals surface area contributed by atoms with Gasteiger partial charge in [-0.05, 0) is 31.2 Å². The minimum Gasteiger partial charge on any atom is -0.368 e. The predicted octanol–water partition coefficient (Wildman–Crippen LogP) is 4.65. The maximum Gasteiger partial charge on any atom is 0.418 e. The van der Waals surface area contributed by atoms with Gasteiger partial charge in [-0.15, -0.1) is 0 Å². The number of nitrogens with zero attached hydrogens (tertiary/aromatic N) is 4. The molecule has 170 valence electrons. The Morgan fingerprint density at radius 3 is 2.19 bits per heavy atom. The van der Waals surface area contributed by atoms with Crippen LogP contribution in [0.2, 0.25) is 5.02 Å². The third-order valence-electron chi connectivity index (χ3n) is 5.78. The molecule has 1 aliphatic rings. The SMILES string of the molecule is CCn1c(CN2CCN(c3ccccc3C(F)(F)F)CC2)c(Cl)c(=O)n1-c1ccccc1. The van der Waals surface area contributed by atoms with Crippen LogP contribution in [0.15, 0.2) is 59.4 Å². The van der Waals surface area contributed by atoms with Crippen LogP contribution < -0.4 is 10.5 Å². The average Bonchev–Trinajstić information content (AvgIpc) is 3.04. The minimum atomic E-state index is -4.39. The Labute approximate surface area is 189 Å². The molecule has 0 spiro atoms. The summed E-state index contributed by atoms with van der Waals surface area (Å²) in [5, 5.41) is 0.181. The Kier molecular flexibility index (Phi) is 6.35. The second kappa shape index (κ2) is 9.03. The molecule has 3 aromatic rings. The van der Waals surface area contributed by atoms with Crippen LogP contribution in [0.4, 0.5) is 18.9 Å². The quantitative estimate of drug-likeness (QED) is 0.551. The summed E-state index contributed by atoms with van der Waals surface area (Å²) in [6.07, 6.45) is -4.39. The van der Waals surface area contributed by atoms with Gasteiger partial charge < -0.3 is 4.90 Å². The first-order valence-corrected chi connectivity index (χ1v) is 10.9. The van der Waals surface area contributed by atoms with Gasteiger partial charge in [-0.25, -0.2) is 4.68 Å². The first-order chi connectivity index (χ1) is 15.3. The summed E-state index contributed by atoms with van der Waals surface area (Å²) in [6, 6.07) is 15.0. The van der Waals surface area contributed by atoms with Crippen molar-refractivity contribution in [2.75, 3.05) is 31.1 Å². The maximum absolute atomic E-state index is 13.4. The lowest BCUT2D eigenvalue weighted by Crippen LogP contribution is -2.46. The van der Waals surface area contributed by atoms with Crippen molar-refractivity contribution in [1.29, 1.82) is 0 Å². The molecule has 2 aromatic carbocycles. The number of rotatable bonds is 5. The van der Waals surface area contributed by atoms with Crippen LogP contribution in [0.1, 0.15) is 18.2 Å². The average molecular weight is 465 g/mol. The van der Waals surface area contributed by atoms with E-state index >= 15 is 0 Å². The van der Waals surface area contributed by atoms with Crippen LogP contribution in [0, 0.1) is 0 Å². The number of halogens is 4. The van der Waals surface area contributed by atoms with Crippen LogP contribution in [-0.4, -0.2) is 40.4 Å². The molecule has 32 heavy (non-hydrogen) atoms. The van der Waals surface area contributed by atoms with Gasteiger partial charge >= 0.3 is 6.18 Å². The van der Waals surface area contributed by atoms with Crippen molar-refractivity contribution in [3.05, 3.63) is 81.2 Å². The Bertz CT molecular complexity index is 1130. The van der Waals surface area contributed by atoms with Gasteiger partial charge in [-0.3, -0.25) is 14.4 Å². The van der Waals surface area contributed by atoms with Crippen LogP contribution in [0.25, 0.3) is 5.69 Å². The van der Waals surface area contributed by atoms with Gasteiger partial charge in [-0.2, -0.15) is 13.2 Å². The molecule has 0 saturated carbocycles. The smallest absolute Gasteiger partial charge is 0.368 e. The molecule has 0 radical (unpaired) electrons. The van der Waals surface area contributed by atoms with E-state index in [1.54, 1.807) is 15.6 Å². The topological polar surface area (TPSA) is 33.4 Å². The summed E-state index contributed by atoms with van der Waals surface area (Å²) in [4.78, 5) is 16.7. The normalized spacial score (nSPS) is 15.3.